The average molecular weight is 255 g/mol. The molecule has 0 spiro atoms. The Labute approximate surface area is 107 Å². The van der Waals surface area contributed by atoms with Gasteiger partial charge in [0.05, 0.1) is 11.8 Å². The Kier molecular flexibility index (Phi) is 3.36. The lowest BCUT2D eigenvalue weighted by Gasteiger charge is -2.26. The summed E-state index contributed by atoms with van der Waals surface area (Å²) in [5.41, 5.74) is -0.563. The molecule has 3 atom stereocenters. The van der Waals surface area contributed by atoms with Gasteiger partial charge >= 0.3 is 11.9 Å². The summed E-state index contributed by atoms with van der Waals surface area (Å²) in [6, 6.07) is 0.0564. The van der Waals surface area contributed by atoms with E-state index < -0.39 is 23.4 Å². The zero-order valence-corrected chi connectivity index (χ0v) is 11.2. The number of fused-ring (bicyclic) bond motifs is 1. The monoisotopic (exact) mass is 255 g/mol. The Balaban J connectivity index is 2.16. The molecular formula is C13H21NO4. The summed E-state index contributed by atoms with van der Waals surface area (Å²) in [4.78, 5) is 25.6. The van der Waals surface area contributed by atoms with Crippen LogP contribution in [0.5, 0.6) is 0 Å². The number of carboxylic acids is 1. The van der Waals surface area contributed by atoms with Gasteiger partial charge in [0.1, 0.15) is 5.60 Å². The number of carbonyl (C=O) groups excluding carboxylic acids is 1. The minimum atomic E-state index is -0.889. The second-order valence-corrected chi connectivity index (χ2v) is 6.21. The summed E-state index contributed by atoms with van der Waals surface area (Å²) in [7, 11) is 0. The molecule has 1 N–H and O–H groups in total. The lowest BCUT2D eigenvalue weighted by molar-refractivity contribution is -0.165. The summed E-state index contributed by atoms with van der Waals surface area (Å²) in [6.45, 7) is 6.80. The van der Waals surface area contributed by atoms with Gasteiger partial charge in [0, 0.05) is 12.6 Å². The van der Waals surface area contributed by atoms with Crippen LogP contribution in [0, 0.1) is 11.8 Å². The van der Waals surface area contributed by atoms with E-state index in [1.807, 2.05) is 20.8 Å². The molecule has 0 radical (unpaired) electrons. The van der Waals surface area contributed by atoms with Gasteiger partial charge in [0.2, 0.25) is 0 Å². The number of nitrogens with zero attached hydrogens (tertiary/aromatic N) is 1. The molecule has 0 saturated carbocycles. The maximum atomic E-state index is 12.2. The molecule has 5 nitrogen and oxygen atoms in total. The predicted octanol–water partition coefficient (Wildman–Crippen LogP) is 1.12. The summed E-state index contributed by atoms with van der Waals surface area (Å²) in [5, 5.41) is 9.25. The molecule has 18 heavy (non-hydrogen) atoms. The molecule has 0 aliphatic carbocycles. The van der Waals surface area contributed by atoms with Crippen LogP contribution in [0.3, 0.4) is 0 Å². The Hall–Kier alpha value is -1.10. The topological polar surface area (TPSA) is 66.8 Å². The first-order valence-electron chi connectivity index (χ1n) is 6.49. The van der Waals surface area contributed by atoms with Gasteiger partial charge < -0.3 is 9.84 Å². The molecular weight excluding hydrogens is 234 g/mol. The fourth-order valence-electron chi connectivity index (χ4n) is 3.04. The van der Waals surface area contributed by atoms with Gasteiger partial charge in [-0.15, -0.1) is 0 Å². The molecule has 0 aromatic heterocycles. The van der Waals surface area contributed by atoms with Crippen molar-refractivity contribution in [3.05, 3.63) is 0 Å². The number of carbonyl (C=O) groups is 2. The SMILES string of the molecule is CC(C)(C)OC(=O)[C@H]1C(C(=O)O)CN2CCCC12. The van der Waals surface area contributed by atoms with E-state index in [9.17, 15) is 14.7 Å². The van der Waals surface area contributed by atoms with Crippen LogP contribution in [-0.2, 0) is 14.3 Å². The van der Waals surface area contributed by atoms with Gasteiger partial charge in [-0.25, -0.2) is 0 Å². The third-order valence-electron chi connectivity index (χ3n) is 3.69. The van der Waals surface area contributed by atoms with Gasteiger partial charge in [-0.3, -0.25) is 14.5 Å². The standard InChI is InChI=1S/C13H21NO4/c1-13(2,3)18-12(17)10-8(11(15)16)7-14-6-4-5-9(10)14/h8-10H,4-7H2,1-3H3,(H,15,16)/t8?,9?,10-/m0/s1. The molecule has 5 heteroatoms. The minimum absolute atomic E-state index is 0.0564. The fraction of sp³-hybridized carbons (Fsp3) is 0.846. The van der Waals surface area contributed by atoms with Gasteiger partial charge in [-0.1, -0.05) is 0 Å². The van der Waals surface area contributed by atoms with E-state index in [0.717, 1.165) is 19.4 Å². The number of hydrogen-bond acceptors (Lipinski definition) is 4. The summed E-state index contributed by atoms with van der Waals surface area (Å²) in [5.74, 6) is -2.38. The van der Waals surface area contributed by atoms with Gasteiger partial charge in [-0.05, 0) is 40.2 Å². The molecule has 2 rings (SSSR count). The molecule has 2 heterocycles. The average Bonchev–Trinajstić information content (AvgIpc) is 2.70. The van der Waals surface area contributed by atoms with E-state index in [1.54, 1.807) is 0 Å². The number of esters is 1. The van der Waals surface area contributed by atoms with Crippen LogP contribution < -0.4 is 0 Å². The number of hydrogen-bond donors (Lipinski definition) is 1. The van der Waals surface area contributed by atoms with Crippen LogP contribution in [0.1, 0.15) is 33.6 Å². The van der Waals surface area contributed by atoms with Crippen LogP contribution in [0.15, 0.2) is 0 Å². The highest BCUT2D eigenvalue weighted by Crippen LogP contribution is 2.38. The second-order valence-electron chi connectivity index (χ2n) is 6.21. The predicted molar refractivity (Wildman–Crippen MR) is 65.1 cm³/mol. The van der Waals surface area contributed by atoms with Crippen LogP contribution in [0.2, 0.25) is 0 Å². The van der Waals surface area contributed by atoms with Crippen LogP contribution in [-0.4, -0.2) is 46.7 Å². The molecule has 102 valence electrons. The first-order chi connectivity index (χ1) is 8.29. The van der Waals surface area contributed by atoms with Crippen molar-refractivity contribution in [3.8, 4) is 0 Å². The first kappa shape index (κ1) is 13.3. The number of ether oxygens (including phenoxy) is 1. The van der Waals surface area contributed by atoms with Gasteiger partial charge in [-0.2, -0.15) is 0 Å². The Morgan fingerprint density at radius 2 is 2.00 bits per heavy atom. The zero-order valence-electron chi connectivity index (χ0n) is 11.2. The number of aliphatic carboxylic acids is 1. The quantitative estimate of drug-likeness (QED) is 0.749. The molecule has 0 aromatic carbocycles. The summed E-state index contributed by atoms with van der Waals surface area (Å²) >= 11 is 0. The van der Waals surface area contributed by atoms with Crippen molar-refractivity contribution in [2.24, 2.45) is 11.8 Å². The maximum Gasteiger partial charge on any atom is 0.311 e. The smallest absolute Gasteiger partial charge is 0.311 e. The largest absolute Gasteiger partial charge is 0.481 e. The van der Waals surface area contributed by atoms with E-state index >= 15 is 0 Å². The molecule has 2 unspecified atom stereocenters. The van der Waals surface area contributed by atoms with Crippen molar-refractivity contribution in [3.63, 3.8) is 0 Å². The molecule has 0 bridgehead atoms. The third kappa shape index (κ3) is 2.51. The van der Waals surface area contributed by atoms with E-state index in [4.69, 9.17) is 4.74 Å². The first-order valence-corrected chi connectivity index (χ1v) is 6.49. The summed E-state index contributed by atoms with van der Waals surface area (Å²) in [6.07, 6.45) is 1.93. The molecule has 2 aliphatic heterocycles. The minimum Gasteiger partial charge on any atom is -0.481 e. The number of carboxylic acid groups (broad SMARTS) is 1. The van der Waals surface area contributed by atoms with Crippen LogP contribution in [0.25, 0.3) is 0 Å². The highest BCUT2D eigenvalue weighted by atomic mass is 16.6. The molecule has 0 amide bonds. The highest BCUT2D eigenvalue weighted by Gasteiger charge is 2.51. The van der Waals surface area contributed by atoms with Crippen molar-refractivity contribution < 1.29 is 19.4 Å². The van der Waals surface area contributed by atoms with Crippen molar-refractivity contribution in [1.29, 1.82) is 0 Å². The fourth-order valence-corrected chi connectivity index (χ4v) is 3.04. The van der Waals surface area contributed by atoms with Gasteiger partial charge in [0.15, 0.2) is 0 Å². The Bertz CT molecular complexity index is 360. The normalized spacial score (nSPS) is 32.3. The molecule has 2 saturated heterocycles. The van der Waals surface area contributed by atoms with E-state index in [1.165, 1.54) is 0 Å². The van der Waals surface area contributed by atoms with E-state index in [-0.39, 0.29) is 12.0 Å². The summed E-state index contributed by atoms with van der Waals surface area (Å²) < 4.78 is 5.38. The molecule has 2 fully saturated rings. The van der Waals surface area contributed by atoms with E-state index in [0.29, 0.717) is 6.54 Å². The van der Waals surface area contributed by atoms with Crippen molar-refractivity contribution >= 4 is 11.9 Å². The van der Waals surface area contributed by atoms with Crippen LogP contribution in [0.4, 0.5) is 0 Å². The zero-order chi connectivity index (χ0) is 13.5. The van der Waals surface area contributed by atoms with E-state index in [2.05, 4.69) is 4.90 Å². The molecule has 2 aliphatic rings. The second kappa shape index (κ2) is 4.53. The van der Waals surface area contributed by atoms with Crippen molar-refractivity contribution in [2.45, 2.75) is 45.3 Å². The van der Waals surface area contributed by atoms with Crippen molar-refractivity contribution in [1.82, 2.24) is 4.90 Å². The number of rotatable bonds is 2. The van der Waals surface area contributed by atoms with Crippen LogP contribution >= 0.6 is 0 Å². The lowest BCUT2D eigenvalue weighted by Crippen LogP contribution is -2.38. The molecule has 0 aromatic rings. The highest BCUT2D eigenvalue weighted by molar-refractivity contribution is 5.83. The Morgan fingerprint density at radius 3 is 2.56 bits per heavy atom. The van der Waals surface area contributed by atoms with Crippen molar-refractivity contribution in [2.75, 3.05) is 13.1 Å². The third-order valence-corrected chi connectivity index (χ3v) is 3.69. The maximum absolute atomic E-state index is 12.2. The lowest BCUT2D eigenvalue weighted by atomic mass is 9.89. The van der Waals surface area contributed by atoms with Gasteiger partial charge in [0.25, 0.3) is 0 Å². The Morgan fingerprint density at radius 1 is 1.33 bits per heavy atom.